The van der Waals surface area contributed by atoms with Crippen molar-refractivity contribution in [3.8, 4) is 0 Å². The zero-order valence-corrected chi connectivity index (χ0v) is 14.3. The Morgan fingerprint density at radius 3 is 2.85 bits per heavy atom. The third kappa shape index (κ3) is 2.71. The molecule has 0 spiro atoms. The number of ether oxygens (including phenoxy) is 3. The summed E-state index contributed by atoms with van der Waals surface area (Å²) in [4.78, 5) is 26.1. The summed E-state index contributed by atoms with van der Waals surface area (Å²) >= 11 is 0. The molecular formula is C18H20N2O6. The van der Waals surface area contributed by atoms with Crippen LogP contribution >= 0.6 is 0 Å². The van der Waals surface area contributed by atoms with Crippen LogP contribution in [0, 0.1) is 6.92 Å². The van der Waals surface area contributed by atoms with Crippen molar-refractivity contribution >= 4 is 0 Å². The normalized spacial score (nSPS) is 30.0. The van der Waals surface area contributed by atoms with E-state index >= 15 is 0 Å². The van der Waals surface area contributed by atoms with Gasteiger partial charge in [0.25, 0.3) is 5.56 Å². The van der Waals surface area contributed by atoms with Crippen molar-refractivity contribution in [2.24, 2.45) is 0 Å². The molecule has 8 nitrogen and oxygen atoms in total. The number of hydrogen-bond acceptors (Lipinski definition) is 6. The van der Waals surface area contributed by atoms with Gasteiger partial charge in [0.1, 0.15) is 17.8 Å². The minimum Gasteiger partial charge on any atom is -0.393 e. The standard InChI is InChI=1S/C18H20N2O6/c1-11-7-20(17(23)19-15(11)22)16-13-14(18(9-21,26-16)10-25-13)24-8-12-5-3-2-4-6-12/h2-7,13-14,16,21H,8-10H2,1H3,(H,19,22,23)/t13-,14-,16+,18+/m0/s1. The number of aromatic nitrogens is 2. The molecule has 2 bridgehead atoms. The monoisotopic (exact) mass is 360 g/mol. The fourth-order valence-electron chi connectivity index (χ4n) is 3.52. The van der Waals surface area contributed by atoms with E-state index < -0.39 is 35.3 Å². The van der Waals surface area contributed by atoms with Crippen LogP contribution in [0.4, 0.5) is 0 Å². The number of hydrogen-bond donors (Lipinski definition) is 2. The van der Waals surface area contributed by atoms with Gasteiger partial charge in [0.2, 0.25) is 0 Å². The number of aryl methyl sites for hydroxylation is 1. The Morgan fingerprint density at radius 2 is 2.12 bits per heavy atom. The molecule has 1 aromatic heterocycles. The molecule has 26 heavy (non-hydrogen) atoms. The molecule has 2 N–H and O–H groups in total. The van der Waals surface area contributed by atoms with Gasteiger partial charge in [0, 0.05) is 11.8 Å². The van der Waals surface area contributed by atoms with Crippen LogP contribution in [0.25, 0.3) is 0 Å². The van der Waals surface area contributed by atoms with E-state index in [4.69, 9.17) is 14.2 Å². The summed E-state index contributed by atoms with van der Waals surface area (Å²) in [5.41, 5.74) is -0.690. The van der Waals surface area contributed by atoms with Crippen LogP contribution in [-0.4, -0.2) is 45.7 Å². The second-order valence-electron chi connectivity index (χ2n) is 6.70. The number of benzene rings is 1. The molecule has 2 fully saturated rings. The lowest BCUT2D eigenvalue weighted by Gasteiger charge is -2.30. The Balaban J connectivity index is 1.62. The quantitative estimate of drug-likeness (QED) is 0.783. The molecule has 2 aliphatic heterocycles. The number of rotatable bonds is 5. The van der Waals surface area contributed by atoms with Crippen LogP contribution in [0.1, 0.15) is 17.4 Å². The van der Waals surface area contributed by atoms with Crippen molar-refractivity contribution < 1.29 is 19.3 Å². The number of nitrogens with zero attached hydrogens (tertiary/aromatic N) is 1. The van der Waals surface area contributed by atoms with E-state index in [0.717, 1.165) is 5.56 Å². The SMILES string of the molecule is Cc1cn([C@@H]2O[C@]3(CO)CO[C@H]2[C@@H]3OCc2ccccc2)c(=O)[nH]c1=O. The Kier molecular flexibility index (Phi) is 4.28. The highest BCUT2D eigenvalue weighted by Crippen LogP contribution is 2.46. The average Bonchev–Trinajstić information content (AvgIpc) is 3.16. The van der Waals surface area contributed by atoms with E-state index in [9.17, 15) is 14.7 Å². The smallest absolute Gasteiger partial charge is 0.330 e. The minimum atomic E-state index is -1.03. The lowest BCUT2D eigenvalue weighted by Crippen LogP contribution is -2.45. The molecule has 4 atom stereocenters. The number of H-pyrrole nitrogens is 1. The molecular weight excluding hydrogens is 340 g/mol. The van der Waals surface area contributed by atoms with Crippen LogP contribution in [0.15, 0.2) is 46.1 Å². The van der Waals surface area contributed by atoms with E-state index in [1.807, 2.05) is 30.3 Å². The van der Waals surface area contributed by atoms with Gasteiger partial charge in [-0.05, 0) is 12.5 Å². The number of fused-ring (bicyclic) bond motifs is 2. The molecule has 2 aliphatic rings. The van der Waals surface area contributed by atoms with Crippen LogP contribution in [-0.2, 0) is 20.8 Å². The first-order chi connectivity index (χ1) is 12.5. The first kappa shape index (κ1) is 17.2. The van der Waals surface area contributed by atoms with Gasteiger partial charge in [-0.2, -0.15) is 0 Å². The van der Waals surface area contributed by atoms with Crippen molar-refractivity contribution in [2.45, 2.75) is 37.6 Å². The van der Waals surface area contributed by atoms with Crippen LogP contribution in [0.3, 0.4) is 0 Å². The first-order valence-electron chi connectivity index (χ1n) is 8.42. The third-order valence-corrected chi connectivity index (χ3v) is 4.93. The molecule has 1 aromatic carbocycles. The summed E-state index contributed by atoms with van der Waals surface area (Å²) in [5, 5.41) is 9.91. The lowest BCUT2D eigenvalue weighted by molar-refractivity contribution is -0.189. The van der Waals surface area contributed by atoms with E-state index in [-0.39, 0.29) is 13.2 Å². The Morgan fingerprint density at radius 1 is 1.35 bits per heavy atom. The summed E-state index contributed by atoms with van der Waals surface area (Å²) in [7, 11) is 0. The van der Waals surface area contributed by atoms with Gasteiger partial charge in [0.15, 0.2) is 6.23 Å². The highest BCUT2D eigenvalue weighted by molar-refractivity contribution is 5.15. The molecule has 8 heteroatoms. The minimum absolute atomic E-state index is 0.182. The van der Waals surface area contributed by atoms with Gasteiger partial charge in [-0.25, -0.2) is 4.79 Å². The number of aliphatic hydroxyl groups is 1. The van der Waals surface area contributed by atoms with E-state index in [1.54, 1.807) is 6.92 Å². The maximum atomic E-state index is 12.2. The molecule has 0 amide bonds. The molecule has 0 radical (unpaired) electrons. The molecule has 2 aromatic rings. The fraction of sp³-hybridized carbons (Fsp3) is 0.444. The summed E-state index contributed by atoms with van der Waals surface area (Å²) in [6, 6.07) is 9.64. The van der Waals surface area contributed by atoms with Crippen molar-refractivity contribution in [1.29, 1.82) is 0 Å². The highest BCUT2D eigenvalue weighted by atomic mass is 16.7. The predicted molar refractivity (Wildman–Crippen MR) is 90.8 cm³/mol. The molecule has 2 saturated heterocycles. The largest absolute Gasteiger partial charge is 0.393 e. The predicted octanol–water partition coefficient (Wildman–Crippen LogP) is 0.0891. The molecule has 3 heterocycles. The molecule has 4 rings (SSSR count). The van der Waals surface area contributed by atoms with Gasteiger partial charge in [0.05, 0.1) is 19.8 Å². The van der Waals surface area contributed by atoms with Crippen molar-refractivity contribution in [3.05, 3.63) is 68.5 Å². The van der Waals surface area contributed by atoms with Crippen LogP contribution in [0.5, 0.6) is 0 Å². The second kappa shape index (κ2) is 6.48. The number of aromatic amines is 1. The molecule has 138 valence electrons. The van der Waals surface area contributed by atoms with Crippen LogP contribution in [0.2, 0.25) is 0 Å². The lowest BCUT2D eigenvalue weighted by atomic mass is 10.00. The van der Waals surface area contributed by atoms with Gasteiger partial charge in [-0.1, -0.05) is 30.3 Å². The number of aliphatic hydroxyl groups excluding tert-OH is 1. The van der Waals surface area contributed by atoms with Gasteiger partial charge < -0.3 is 19.3 Å². The fourth-order valence-corrected chi connectivity index (χ4v) is 3.52. The topological polar surface area (TPSA) is 103 Å². The first-order valence-corrected chi connectivity index (χ1v) is 8.42. The summed E-state index contributed by atoms with van der Waals surface area (Å²) in [6.07, 6.45) is -0.430. The maximum Gasteiger partial charge on any atom is 0.330 e. The summed E-state index contributed by atoms with van der Waals surface area (Å²) in [5.74, 6) is 0. The summed E-state index contributed by atoms with van der Waals surface area (Å²) < 4.78 is 19.1. The van der Waals surface area contributed by atoms with Gasteiger partial charge in [-0.3, -0.25) is 14.3 Å². The van der Waals surface area contributed by atoms with Crippen molar-refractivity contribution in [2.75, 3.05) is 13.2 Å². The zero-order chi connectivity index (χ0) is 18.3. The van der Waals surface area contributed by atoms with E-state index in [1.165, 1.54) is 10.8 Å². The molecule has 0 unspecified atom stereocenters. The van der Waals surface area contributed by atoms with E-state index in [2.05, 4.69) is 4.98 Å². The van der Waals surface area contributed by atoms with Gasteiger partial charge >= 0.3 is 5.69 Å². The maximum absolute atomic E-state index is 12.2. The van der Waals surface area contributed by atoms with Crippen LogP contribution < -0.4 is 11.2 Å². The Hall–Kier alpha value is -2.26. The summed E-state index contributed by atoms with van der Waals surface area (Å²) in [6.45, 7) is 1.83. The van der Waals surface area contributed by atoms with Crippen molar-refractivity contribution in [1.82, 2.24) is 9.55 Å². The molecule has 0 aliphatic carbocycles. The Bertz CT molecular complexity index is 908. The van der Waals surface area contributed by atoms with Gasteiger partial charge in [-0.15, -0.1) is 0 Å². The Labute approximate surface area is 149 Å². The third-order valence-electron chi connectivity index (χ3n) is 4.93. The average molecular weight is 360 g/mol. The van der Waals surface area contributed by atoms with Crippen molar-refractivity contribution in [3.63, 3.8) is 0 Å². The number of nitrogens with one attached hydrogen (secondary N) is 1. The van der Waals surface area contributed by atoms with E-state index in [0.29, 0.717) is 12.2 Å². The molecule has 0 saturated carbocycles. The second-order valence-corrected chi connectivity index (χ2v) is 6.70. The highest BCUT2D eigenvalue weighted by Gasteiger charge is 2.63. The zero-order valence-electron chi connectivity index (χ0n) is 14.3.